The van der Waals surface area contributed by atoms with Gasteiger partial charge in [-0.3, -0.25) is 4.79 Å². The second-order valence-electron chi connectivity index (χ2n) is 4.22. The fourth-order valence-electron chi connectivity index (χ4n) is 1.60. The van der Waals surface area contributed by atoms with Gasteiger partial charge in [0.25, 0.3) is 0 Å². The van der Waals surface area contributed by atoms with E-state index in [1.807, 2.05) is 6.08 Å². The van der Waals surface area contributed by atoms with E-state index in [0.717, 1.165) is 38.5 Å². The summed E-state index contributed by atoms with van der Waals surface area (Å²) in [5, 5.41) is 0. The van der Waals surface area contributed by atoms with Crippen molar-refractivity contribution >= 4 is 5.78 Å². The largest absolute Gasteiger partial charge is 0.449 e. The maximum atomic E-state index is 11.8. The molecule has 0 fully saturated rings. The highest BCUT2D eigenvalue weighted by Gasteiger charge is 2.36. The lowest BCUT2D eigenvalue weighted by Crippen LogP contribution is -2.22. The molecular formula is C13H21F3O. The van der Waals surface area contributed by atoms with E-state index in [2.05, 4.69) is 6.58 Å². The van der Waals surface area contributed by atoms with Gasteiger partial charge in [-0.25, -0.2) is 0 Å². The van der Waals surface area contributed by atoms with E-state index in [4.69, 9.17) is 0 Å². The van der Waals surface area contributed by atoms with Gasteiger partial charge in [-0.05, 0) is 19.3 Å². The molecule has 0 aromatic carbocycles. The number of ketones is 1. The quantitative estimate of drug-likeness (QED) is 0.401. The lowest BCUT2D eigenvalue weighted by molar-refractivity contribution is -0.171. The molecule has 0 rings (SSSR count). The third kappa shape index (κ3) is 10.1. The minimum Gasteiger partial charge on any atom is -0.290 e. The standard InChI is InChI=1S/C13H21F3O/c1-2-3-4-5-6-7-8-9-10-11-12(17)13(14,15)16/h2H,1,3-11H2. The lowest BCUT2D eigenvalue weighted by Gasteiger charge is -2.04. The summed E-state index contributed by atoms with van der Waals surface area (Å²) in [5.41, 5.74) is 0. The van der Waals surface area contributed by atoms with Crippen LogP contribution in [0.1, 0.15) is 57.8 Å². The van der Waals surface area contributed by atoms with E-state index in [9.17, 15) is 18.0 Å². The van der Waals surface area contributed by atoms with Crippen LogP contribution >= 0.6 is 0 Å². The van der Waals surface area contributed by atoms with Gasteiger partial charge in [0.1, 0.15) is 0 Å². The Balaban J connectivity index is 3.24. The van der Waals surface area contributed by atoms with Crippen molar-refractivity contribution in [2.24, 2.45) is 0 Å². The van der Waals surface area contributed by atoms with Gasteiger partial charge < -0.3 is 0 Å². The van der Waals surface area contributed by atoms with Crippen molar-refractivity contribution < 1.29 is 18.0 Å². The fraction of sp³-hybridized carbons (Fsp3) is 0.769. The number of alkyl halides is 3. The minimum absolute atomic E-state index is 0.352. The van der Waals surface area contributed by atoms with Crippen molar-refractivity contribution in [2.75, 3.05) is 0 Å². The molecule has 0 unspecified atom stereocenters. The molecule has 0 bridgehead atoms. The van der Waals surface area contributed by atoms with E-state index in [1.54, 1.807) is 0 Å². The molecule has 0 aromatic heterocycles. The van der Waals surface area contributed by atoms with Crippen molar-refractivity contribution in [3.63, 3.8) is 0 Å². The Morgan fingerprint density at radius 2 is 1.41 bits per heavy atom. The highest BCUT2D eigenvalue weighted by Crippen LogP contribution is 2.19. The van der Waals surface area contributed by atoms with Crippen LogP contribution in [-0.2, 0) is 4.79 Å². The molecule has 100 valence electrons. The predicted molar refractivity (Wildman–Crippen MR) is 62.8 cm³/mol. The number of carbonyl (C=O) groups excluding carboxylic acids is 1. The SMILES string of the molecule is C=CCCCCCCCCCC(=O)C(F)(F)F. The first-order valence-corrected chi connectivity index (χ1v) is 6.19. The van der Waals surface area contributed by atoms with Gasteiger partial charge in [-0.15, -0.1) is 6.58 Å². The smallest absolute Gasteiger partial charge is 0.290 e. The Hall–Kier alpha value is -0.800. The topological polar surface area (TPSA) is 17.1 Å². The minimum atomic E-state index is -4.65. The number of rotatable bonds is 10. The van der Waals surface area contributed by atoms with Crippen LogP contribution in [-0.4, -0.2) is 12.0 Å². The Morgan fingerprint density at radius 3 is 1.88 bits per heavy atom. The second kappa shape index (κ2) is 9.25. The first-order valence-electron chi connectivity index (χ1n) is 6.19. The van der Waals surface area contributed by atoms with Crippen molar-refractivity contribution in [3.8, 4) is 0 Å². The molecule has 0 N–H and O–H groups in total. The van der Waals surface area contributed by atoms with Crippen LogP contribution in [0, 0.1) is 0 Å². The van der Waals surface area contributed by atoms with Gasteiger partial charge in [0.05, 0.1) is 0 Å². The average Bonchev–Trinajstić information content (AvgIpc) is 2.25. The number of unbranched alkanes of at least 4 members (excludes halogenated alkanes) is 7. The fourth-order valence-corrected chi connectivity index (χ4v) is 1.60. The zero-order valence-electron chi connectivity index (χ0n) is 10.2. The summed E-state index contributed by atoms with van der Waals surface area (Å²) in [6.45, 7) is 3.63. The molecule has 0 aliphatic carbocycles. The van der Waals surface area contributed by atoms with E-state index in [1.165, 1.54) is 0 Å². The monoisotopic (exact) mass is 250 g/mol. The predicted octanol–water partition coefficient (Wildman–Crippen LogP) is 4.81. The Kier molecular flexibility index (Phi) is 8.82. The summed E-state index contributed by atoms with van der Waals surface area (Å²) in [5.74, 6) is -1.59. The third-order valence-electron chi connectivity index (χ3n) is 2.63. The number of carbonyl (C=O) groups is 1. The maximum Gasteiger partial charge on any atom is 0.449 e. The molecule has 0 radical (unpaired) electrons. The lowest BCUT2D eigenvalue weighted by atomic mass is 10.1. The van der Waals surface area contributed by atoms with Crippen LogP contribution in [0.15, 0.2) is 12.7 Å². The van der Waals surface area contributed by atoms with Crippen LogP contribution in [0.4, 0.5) is 13.2 Å². The van der Waals surface area contributed by atoms with Crippen molar-refractivity contribution in [2.45, 2.75) is 64.0 Å². The molecular weight excluding hydrogens is 229 g/mol. The number of hydrogen-bond acceptors (Lipinski definition) is 1. The van der Waals surface area contributed by atoms with E-state index < -0.39 is 12.0 Å². The highest BCUT2D eigenvalue weighted by atomic mass is 19.4. The Bertz CT molecular complexity index is 221. The Labute approximate surface area is 101 Å². The van der Waals surface area contributed by atoms with E-state index >= 15 is 0 Å². The summed E-state index contributed by atoms with van der Waals surface area (Å²) < 4.78 is 35.5. The first kappa shape index (κ1) is 16.2. The average molecular weight is 250 g/mol. The normalized spacial score (nSPS) is 11.5. The molecule has 0 saturated carbocycles. The summed E-state index contributed by atoms with van der Waals surface area (Å²) in [6.07, 6.45) is 4.32. The molecule has 0 saturated heterocycles. The van der Waals surface area contributed by atoms with E-state index in [0.29, 0.717) is 12.8 Å². The molecule has 0 aliphatic rings. The van der Waals surface area contributed by atoms with Gasteiger partial charge in [-0.2, -0.15) is 13.2 Å². The second-order valence-corrected chi connectivity index (χ2v) is 4.22. The van der Waals surface area contributed by atoms with Crippen LogP contribution in [0.25, 0.3) is 0 Å². The van der Waals surface area contributed by atoms with Crippen LogP contribution in [0.3, 0.4) is 0 Å². The summed E-state index contributed by atoms with van der Waals surface area (Å²) in [4.78, 5) is 10.5. The summed E-state index contributed by atoms with van der Waals surface area (Å²) in [6, 6.07) is 0. The zero-order chi connectivity index (χ0) is 13.1. The number of allylic oxidation sites excluding steroid dienone is 1. The first-order chi connectivity index (χ1) is 7.98. The molecule has 0 amide bonds. The van der Waals surface area contributed by atoms with Gasteiger partial charge in [0.15, 0.2) is 0 Å². The number of hydrogen-bond donors (Lipinski definition) is 0. The van der Waals surface area contributed by atoms with Crippen molar-refractivity contribution in [1.29, 1.82) is 0 Å². The summed E-state index contributed by atoms with van der Waals surface area (Å²) >= 11 is 0. The van der Waals surface area contributed by atoms with Gasteiger partial charge in [-0.1, -0.05) is 38.2 Å². The molecule has 0 aromatic rings. The molecule has 0 spiro atoms. The number of Topliss-reactive ketones (excluding diaryl/α,β-unsaturated/α-hetero) is 1. The Morgan fingerprint density at radius 1 is 0.941 bits per heavy atom. The molecule has 0 atom stereocenters. The van der Waals surface area contributed by atoms with E-state index in [-0.39, 0.29) is 6.42 Å². The van der Waals surface area contributed by atoms with Crippen molar-refractivity contribution in [3.05, 3.63) is 12.7 Å². The maximum absolute atomic E-state index is 11.8. The molecule has 17 heavy (non-hydrogen) atoms. The van der Waals surface area contributed by atoms with Crippen LogP contribution < -0.4 is 0 Å². The van der Waals surface area contributed by atoms with Gasteiger partial charge in [0.2, 0.25) is 5.78 Å². The van der Waals surface area contributed by atoms with Crippen LogP contribution in [0.2, 0.25) is 0 Å². The highest BCUT2D eigenvalue weighted by molar-refractivity contribution is 5.83. The zero-order valence-corrected chi connectivity index (χ0v) is 10.2. The molecule has 0 aliphatic heterocycles. The number of halogens is 3. The molecule has 1 nitrogen and oxygen atoms in total. The summed E-state index contributed by atoms with van der Waals surface area (Å²) in [7, 11) is 0. The third-order valence-corrected chi connectivity index (χ3v) is 2.63. The van der Waals surface area contributed by atoms with Gasteiger partial charge >= 0.3 is 6.18 Å². The molecule has 4 heteroatoms. The van der Waals surface area contributed by atoms with Crippen LogP contribution in [0.5, 0.6) is 0 Å². The molecule has 0 heterocycles. The van der Waals surface area contributed by atoms with Crippen molar-refractivity contribution in [1.82, 2.24) is 0 Å². The van der Waals surface area contributed by atoms with Gasteiger partial charge in [0, 0.05) is 6.42 Å².